The minimum Gasteiger partial charge on any atom is -0.489 e. The Balaban J connectivity index is 1.40. The van der Waals surface area contributed by atoms with E-state index >= 15 is 0 Å². The van der Waals surface area contributed by atoms with Gasteiger partial charge in [0.15, 0.2) is 0 Å². The smallest absolute Gasteiger partial charge is 0.230 e. The molecule has 1 aliphatic heterocycles. The van der Waals surface area contributed by atoms with Crippen molar-refractivity contribution in [2.75, 3.05) is 13.6 Å². The van der Waals surface area contributed by atoms with Gasteiger partial charge in [0, 0.05) is 35.5 Å². The Bertz CT molecular complexity index is 863. The van der Waals surface area contributed by atoms with Crippen molar-refractivity contribution in [1.82, 2.24) is 20.0 Å². The van der Waals surface area contributed by atoms with Crippen LogP contribution in [0.15, 0.2) is 53.3 Å². The first kappa shape index (κ1) is 17.7. The Morgan fingerprint density at radius 1 is 1.22 bits per heavy atom. The molecule has 3 heterocycles. The average molecular weight is 364 g/mol. The van der Waals surface area contributed by atoms with Crippen LogP contribution in [0, 0.1) is 0 Å². The number of aromatic nitrogens is 3. The normalized spacial score (nSPS) is 20.5. The lowest BCUT2D eigenvalue weighted by Gasteiger charge is -2.33. The number of pyridine rings is 1. The number of hydrogen-bond acceptors (Lipinski definition) is 6. The Kier molecular flexibility index (Phi) is 5.16. The van der Waals surface area contributed by atoms with Crippen LogP contribution in [-0.2, 0) is 6.61 Å². The first-order valence-corrected chi connectivity index (χ1v) is 9.35. The van der Waals surface area contributed by atoms with Crippen LogP contribution in [0.1, 0.15) is 37.1 Å². The van der Waals surface area contributed by atoms with E-state index < -0.39 is 0 Å². The zero-order chi connectivity index (χ0) is 18.6. The number of piperidine rings is 1. The number of rotatable bonds is 5. The molecule has 4 rings (SSSR count). The monoisotopic (exact) mass is 364 g/mol. The van der Waals surface area contributed by atoms with Crippen LogP contribution < -0.4 is 4.74 Å². The molecule has 6 nitrogen and oxygen atoms in total. The van der Waals surface area contributed by atoms with E-state index in [1.807, 2.05) is 36.4 Å². The first-order valence-electron chi connectivity index (χ1n) is 9.35. The summed E-state index contributed by atoms with van der Waals surface area (Å²) in [6.45, 7) is 3.80. The van der Waals surface area contributed by atoms with Gasteiger partial charge >= 0.3 is 0 Å². The minimum absolute atomic E-state index is 0.347. The second kappa shape index (κ2) is 7.88. The molecular formula is C21H24N4O2. The standard InChI is InChI=1S/C21H24N4O2/c1-15-12-18(9-11-25(15)2)21-23-20(24-27-21)17-5-7-19(8-6-17)26-14-16-4-3-10-22-13-16/h3-8,10,13,15,18H,9,11-12,14H2,1-2H3/t15-,18-/m0/s1. The summed E-state index contributed by atoms with van der Waals surface area (Å²) in [4.78, 5) is 11.1. The summed E-state index contributed by atoms with van der Waals surface area (Å²) in [5.41, 5.74) is 1.97. The van der Waals surface area contributed by atoms with Gasteiger partial charge in [-0.1, -0.05) is 11.2 Å². The Hall–Kier alpha value is -2.73. The summed E-state index contributed by atoms with van der Waals surface area (Å²) < 4.78 is 11.4. The highest BCUT2D eigenvalue weighted by atomic mass is 16.5. The van der Waals surface area contributed by atoms with Crippen molar-refractivity contribution in [2.24, 2.45) is 0 Å². The van der Waals surface area contributed by atoms with Gasteiger partial charge in [0.1, 0.15) is 12.4 Å². The van der Waals surface area contributed by atoms with Crippen LogP contribution in [0.5, 0.6) is 5.75 Å². The third-order valence-electron chi connectivity index (χ3n) is 5.24. The lowest BCUT2D eigenvalue weighted by molar-refractivity contribution is 0.166. The molecule has 0 radical (unpaired) electrons. The molecule has 1 aliphatic rings. The molecule has 0 amide bonds. The largest absolute Gasteiger partial charge is 0.489 e. The minimum atomic E-state index is 0.347. The topological polar surface area (TPSA) is 64.3 Å². The number of ether oxygens (including phenoxy) is 1. The van der Waals surface area contributed by atoms with Crippen molar-refractivity contribution in [3.63, 3.8) is 0 Å². The van der Waals surface area contributed by atoms with Crippen LogP contribution in [-0.4, -0.2) is 39.7 Å². The van der Waals surface area contributed by atoms with Gasteiger partial charge in [-0.25, -0.2) is 0 Å². The second-order valence-electron chi connectivity index (χ2n) is 7.18. The van der Waals surface area contributed by atoms with Gasteiger partial charge in [-0.2, -0.15) is 4.98 Å². The third-order valence-corrected chi connectivity index (χ3v) is 5.24. The Morgan fingerprint density at radius 3 is 2.81 bits per heavy atom. The van der Waals surface area contributed by atoms with E-state index in [1.54, 1.807) is 12.4 Å². The molecule has 1 fully saturated rings. The quantitative estimate of drug-likeness (QED) is 0.684. The summed E-state index contributed by atoms with van der Waals surface area (Å²) in [7, 11) is 2.16. The van der Waals surface area contributed by atoms with Crippen molar-refractivity contribution < 1.29 is 9.26 Å². The number of benzene rings is 1. The van der Waals surface area contributed by atoms with E-state index in [0.29, 0.717) is 24.4 Å². The zero-order valence-corrected chi connectivity index (χ0v) is 15.7. The maximum Gasteiger partial charge on any atom is 0.230 e. The van der Waals surface area contributed by atoms with E-state index in [0.717, 1.165) is 42.2 Å². The fourth-order valence-electron chi connectivity index (χ4n) is 3.38. The molecule has 3 aromatic rings. The SMILES string of the molecule is C[C@H]1C[C@@H](c2nc(-c3ccc(OCc4cccnc4)cc3)no2)CCN1C. The predicted octanol–water partition coefficient (Wildman–Crippen LogP) is 3.91. The highest BCUT2D eigenvalue weighted by Crippen LogP contribution is 2.31. The molecule has 0 saturated carbocycles. The summed E-state index contributed by atoms with van der Waals surface area (Å²) in [5, 5.41) is 4.18. The highest BCUT2D eigenvalue weighted by molar-refractivity contribution is 5.55. The molecule has 140 valence electrons. The van der Waals surface area contributed by atoms with Crippen LogP contribution in [0.3, 0.4) is 0 Å². The van der Waals surface area contributed by atoms with Gasteiger partial charge in [-0.05, 0) is 63.7 Å². The molecule has 0 bridgehead atoms. The van der Waals surface area contributed by atoms with E-state index in [-0.39, 0.29) is 0 Å². The van der Waals surface area contributed by atoms with Crippen LogP contribution in [0.2, 0.25) is 0 Å². The van der Waals surface area contributed by atoms with Gasteiger partial charge in [-0.15, -0.1) is 0 Å². The Labute approximate surface area is 159 Å². The number of nitrogens with zero attached hydrogens (tertiary/aromatic N) is 4. The molecular weight excluding hydrogens is 340 g/mol. The zero-order valence-electron chi connectivity index (χ0n) is 15.7. The fraction of sp³-hybridized carbons (Fsp3) is 0.381. The van der Waals surface area contributed by atoms with Crippen molar-refractivity contribution in [3.8, 4) is 17.1 Å². The molecule has 6 heteroatoms. The third kappa shape index (κ3) is 4.17. The molecule has 0 unspecified atom stereocenters. The molecule has 0 aliphatic carbocycles. The Morgan fingerprint density at radius 2 is 2.07 bits per heavy atom. The van der Waals surface area contributed by atoms with Crippen molar-refractivity contribution in [2.45, 2.75) is 38.3 Å². The van der Waals surface area contributed by atoms with Crippen LogP contribution >= 0.6 is 0 Å². The molecule has 27 heavy (non-hydrogen) atoms. The summed E-state index contributed by atoms with van der Waals surface area (Å²) in [6, 6.07) is 12.2. The van der Waals surface area contributed by atoms with E-state index in [4.69, 9.17) is 9.26 Å². The lowest BCUT2D eigenvalue weighted by Crippen LogP contribution is -2.36. The van der Waals surface area contributed by atoms with E-state index in [9.17, 15) is 0 Å². The molecule has 2 atom stereocenters. The van der Waals surface area contributed by atoms with E-state index in [1.165, 1.54) is 0 Å². The summed E-state index contributed by atoms with van der Waals surface area (Å²) >= 11 is 0. The number of hydrogen-bond donors (Lipinski definition) is 0. The van der Waals surface area contributed by atoms with Gasteiger partial charge in [0.2, 0.25) is 11.7 Å². The maximum absolute atomic E-state index is 5.80. The van der Waals surface area contributed by atoms with Gasteiger partial charge in [-0.3, -0.25) is 4.98 Å². The molecule has 0 spiro atoms. The first-order chi connectivity index (χ1) is 13.2. The van der Waals surface area contributed by atoms with Crippen molar-refractivity contribution >= 4 is 0 Å². The lowest BCUT2D eigenvalue weighted by atomic mass is 9.92. The average Bonchev–Trinajstić information content (AvgIpc) is 3.20. The molecule has 0 N–H and O–H groups in total. The summed E-state index contributed by atoms with van der Waals surface area (Å²) in [5.74, 6) is 2.53. The molecule has 2 aromatic heterocycles. The van der Waals surface area contributed by atoms with Crippen molar-refractivity contribution in [1.29, 1.82) is 0 Å². The fourth-order valence-corrected chi connectivity index (χ4v) is 3.38. The maximum atomic E-state index is 5.80. The number of likely N-dealkylation sites (tertiary alicyclic amines) is 1. The predicted molar refractivity (Wildman–Crippen MR) is 102 cm³/mol. The van der Waals surface area contributed by atoms with Gasteiger partial charge < -0.3 is 14.2 Å². The van der Waals surface area contributed by atoms with Gasteiger partial charge in [0.25, 0.3) is 0 Å². The van der Waals surface area contributed by atoms with Crippen LogP contribution in [0.25, 0.3) is 11.4 Å². The highest BCUT2D eigenvalue weighted by Gasteiger charge is 2.28. The second-order valence-corrected chi connectivity index (χ2v) is 7.18. The summed E-state index contributed by atoms with van der Waals surface area (Å²) in [6.07, 6.45) is 5.67. The van der Waals surface area contributed by atoms with Crippen molar-refractivity contribution in [3.05, 3.63) is 60.2 Å². The van der Waals surface area contributed by atoms with E-state index in [2.05, 4.69) is 34.0 Å². The van der Waals surface area contributed by atoms with Crippen LogP contribution in [0.4, 0.5) is 0 Å². The molecule has 1 aromatic carbocycles. The molecule has 1 saturated heterocycles. The van der Waals surface area contributed by atoms with Gasteiger partial charge in [0.05, 0.1) is 0 Å².